The maximum absolute atomic E-state index is 14.9. The number of hydrogen-bond donors (Lipinski definition) is 2. The van der Waals surface area contributed by atoms with E-state index in [1.165, 1.54) is 25.7 Å². The quantitative estimate of drug-likeness (QED) is 0.330. The van der Waals surface area contributed by atoms with Gasteiger partial charge in [-0.05, 0) is 66.8 Å². The molecule has 1 heterocycles. The fourth-order valence-corrected chi connectivity index (χ4v) is 5.73. The van der Waals surface area contributed by atoms with E-state index in [0.29, 0.717) is 10.9 Å². The monoisotopic (exact) mass is 508 g/mol. The Morgan fingerprint density at radius 2 is 1.69 bits per heavy atom. The fourth-order valence-electron chi connectivity index (χ4n) is 5.61. The summed E-state index contributed by atoms with van der Waals surface area (Å²) in [4.78, 5) is 11.8. The number of fused-ring (bicyclic) bond motifs is 1. The molecule has 0 bridgehead atoms. The normalized spacial score (nSPS) is 17.4. The van der Waals surface area contributed by atoms with Gasteiger partial charge in [-0.25, -0.2) is 9.18 Å². The van der Waals surface area contributed by atoms with E-state index in [9.17, 15) is 9.18 Å². The lowest BCUT2D eigenvalue weighted by atomic mass is 9.72. The van der Waals surface area contributed by atoms with E-state index < -0.39 is 17.4 Å². The first-order valence-corrected chi connectivity index (χ1v) is 12.8. The molecule has 7 heteroatoms. The molecule has 0 aromatic heterocycles. The van der Waals surface area contributed by atoms with Crippen molar-refractivity contribution in [1.29, 1.82) is 0 Å². The van der Waals surface area contributed by atoms with Gasteiger partial charge < -0.3 is 20.1 Å². The number of carbonyl (C=O) groups is 1. The van der Waals surface area contributed by atoms with Crippen LogP contribution < -0.4 is 15.4 Å². The largest absolute Gasteiger partial charge is 0.490 e. The number of methoxy groups -OCH3 is 1. The zero-order valence-corrected chi connectivity index (χ0v) is 21.0. The van der Waals surface area contributed by atoms with Crippen molar-refractivity contribution in [2.45, 2.75) is 37.8 Å². The van der Waals surface area contributed by atoms with Crippen LogP contribution in [0.3, 0.4) is 0 Å². The summed E-state index contributed by atoms with van der Waals surface area (Å²) < 4.78 is 25.8. The van der Waals surface area contributed by atoms with Crippen molar-refractivity contribution >= 4 is 28.9 Å². The molecule has 1 fully saturated rings. The summed E-state index contributed by atoms with van der Waals surface area (Å²) in [7, 11) is 1.27. The van der Waals surface area contributed by atoms with E-state index in [0.717, 1.165) is 48.7 Å². The van der Waals surface area contributed by atoms with Crippen molar-refractivity contribution in [3.05, 3.63) is 88.7 Å². The maximum Gasteiger partial charge on any atom is 0.337 e. The molecule has 5 nitrogen and oxygen atoms in total. The lowest BCUT2D eigenvalue weighted by Crippen LogP contribution is -2.51. The van der Waals surface area contributed by atoms with Gasteiger partial charge in [0.05, 0.1) is 30.7 Å². The van der Waals surface area contributed by atoms with Gasteiger partial charge in [0, 0.05) is 10.9 Å². The molecule has 0 amide bonds. The summed E-state index contributed by atoms with van der Waals surface area (Å²) in [5, 5.41) is 8.22. The van der Waals surface area contributed by atoms with Crippen LogP contribution in [-0.4, -0.2) is 19.7 Å². The Hall–Kier alpha value is -3.25. The van der Waals surface area contributed by atoms with Crippen LogP contribution in [0, 0.1) is 17.7 Å². The Labute approximate surface area is 216 Å². The zero-order chi connectivity index (χ0) is 25.1. The van der Waals surface area contributed by atoms with Gasteiger partial charge in [0.15, 0.2) is 11.6 Å². The summed E-state index contributed by atoms with van der Waals surface area (Å²) in [5.74, 6) is -0.715. The molecule has 188 valence electrons. The number of anilines is 2. The molecule has 1 atom stereocenters. The summed E-state index contributed by atoms with van der Waals surface area (Å²) in [6.45, 7) is 0.287. The van der Waals surface area contributed by atoms with Gasteiger partial charge in [-0.2, -0.15) is 0 Å². The Kier molecular flexibility index (Phi) is 7.06. The molecule has 0 spiro atoms. The number of rotatable bonds is 7. The number of nitrogens with one attached hydrogen (secondary N) is 2. The molecule has 0 saturated heterocycles. The third kappa shape index (κ3) is 4.74. The van der Waals surface area contributed by atoms with E-state index in [-0.39, 0.29) is 23.8 Å². The second-order valence-corrected chi connectivity index (χ2v) is 10.00. The van der Waals surface area contributed by atoms with Crippen molar-refractivity contribution in [2.75, 3.05) is 24.4 Å². The van der Waals surface area contributed by atoms with Crippen LogP contribution in [0.1, 0.15) is 48.0 Å². The minimum Gasteiger partial charge on any atom is -0.490 e. The minimum absolute atomic E-state index is 0.0222. The third-order valence-electron chi connectivity index (χ3n) is 7.44. The van der Waals surface area contributed by atoms with Crippen molar-refractivity contribution in [2.24, 2.45) is 11.8 Å². The van der Waals surface area contributed by atoms with E-state index in [2.05, 4.69) is 22.8 Å². The highest BCUT2D eigenvalue weighted by atomic mass is 35.5. The molecule has 3 aromatic carbocycles. The summed E-state index contributed by atoms with van der Waals surface area (Å²) in [6, 6.07) is 20.2. The first-order chi connectivity index (χ1) is 17.5. The molecule has 2 aliphatic rings. The van der Waals surface area contributed by atoms with Crippen LogP contribution in [0.5, 0.6) is 5.75 Å². The smallest absolute Gasteiger partial charge is 0.337 e. The number of carbonyl (C=O) groups excluding carboxylic acids is 1. The standard InChI is InChI=1S/C29H30ClFN2O3/c1-35-28(34)20-11-16-27(24(31)17-20)36-18-23(19-7-3-2-4-8-19)29(21-12-14-22(30)15-13-21)32-25-9-5-6-10-26(25)33-29/h5-6,9-17,19,23,32-33H,2-4,7-8,18H2,1H3. The molecule has 1 saturated carbocycles. The predicted octanol–water partition coefficient (Wildman–Crippen LogP) is 7.23. The molecular formula is C29H30ClFN2O3. The molecule has 1 aliphatic heterocycles. The van der Waals surface area contributed by atoms with Crippen molar-refractivity contribution in [3.63, 3.8) is 0 Å². The predicted molar refractivity (Wildman–Crippen MR) is 140 cm³/mol. The first-order valence-electron chi connectivity index (χ1n) is 12.4. The molecular weight excluding hydrogens is 479 g/mol. The number of para-hydroxylation sites is 2. The van der Waals surface area contributed by atoms with E-state index in [4.69, 9.17) is 21.1 Å². The number of halogens is 2. The summed E-state index contributed by atoms with van der Waals surface area (Å²) in [6.07, 6.45) is 5.70. The maximum atomic E-state index is 14.9. The van der Waals surface area contributed by atoms with Crippen molar-refractivity contribution in [1.82, 2.24) is 0 Å². The highest BCUT2D eigenvalue weighted by Crippen LogP contribution is 2.49. The lowest BCUT2D eigenvalue weighted by Gasteiger charge is -2.44. The minimum atomic E-state index is -0.654. The van der Waals surface area contributed by atoms with Gasteiger partial charge in [0.2, 0.25) is 0 Å². The Bertz CT molecular complexity index is 1200. The summed E-state index contributed by atoms with van der Waals surface area (Å²) in [5.41, 5.74) is 2.57. The van der Waals surface area contributed by atoms with Gasteiger partial charge in [-0.3, -0.25) is 0 Å². The van der Waals surface area contributed by atoms with Crippen LogP contribution in [0.25, 0.3) is 0 Å². The Morgan fingerprint density at radius 3 is 2.31 bits per heavy atom. The average Bonchev–Trinajstić information content (AvgIpc) is 3.30. The second-order valence-electron chi connectivity index (χ2n) is 9.56. The third-order valence-corrected chi connectivity index (χ3v) is 7.69. The van der Waals surface area contributed by atoms with E-state index in [1.54, 1.807) is 0 Å². The summed E-state index contributed by atoms with van der Waals surface area (Å²) >= 11 is 6.25. The van der Waals surface area contributed by atoms with Crippen LogP contribution >= 0.6 is 11.6 Å². The van der Waals surface area contributed by atoms with Crippen LogP contribution in [-0.2, 0) is 10.4 Å². The van der Waals surface area contributed by atoms with Gasteiger partial charge in [-0.15, -0.1) is 0 Å². The molecule has 1 aliphatic carbocycles. The fraction of sp³-hybridized carbons (Fsp3) is 0.345. The highest BCUT2D eigenvalue weighted by Gasteiger charge is 2.48. The van der Waals surface area contributed by atoms with Crippen LogP contribution in [0.15, 0.2) is 66.7 Å². The first kappa shape index (κ1) is 24.4. The Morgan fingerprint density at radius 1 is 1.03 bits per heavy atom. The lowest BCUT2D eigenvalue weighted by molar-refractivity contribution is 0.0600. The van der Waals surface area contributed by atoms with E-state index in [1.807, 2.05) is 36.4 Å². The molecule has 2 N–H and O–H groups in total. The molecule has 1 unspecified atom stereocenters. The van der Waals surface area contributed by atoms with Crippen molar-refractivity contribution < 1.29 is 18.7 Å². The number of benzene rings is 3. The highest BCUT2D eigenvalue weighted by molar-refractivity contribution is 6.30. The number of hydrogen-bond acceptors (Lipinski definition) is 5. The topological polar surface area (TPSA) is 59.6 Å². The van der Waals surface area contributed by atoms with Gasteiger partial charge in [-0.1, -0.05) is 55.1 Å². The van der Waals surface area contributed by atoms with Crippen LogP contribution in [0.4, 0.5) is 15.8 Å². The SMILES string of the molecule is COC(=O)c1ccc(OCC(C2CCCCC2)C2(c3ccc(Cl)cc3)Nc3ccccc3N2)c(F)c1. The number of esters is 1. The van der Waals surface area contributed by atoms with Gasteiger partial charge in [0.1, 0.15) is 5.66 Å². The Balaban J connectivity index is 1.51. The van der Waals surface area contributed by atoms with Crippen LogP contribution in [0.2, 0.25) is 5.02 Å². The molecule has 5 rings (SSSR count). The average molecular weight is 509 g/mol. The van der Waals surface area contributed by atoms with E-state index >= 15 is 0 Å². The van der Waals surface area contributed by atoms with Crippen molar-refractivity contribution in [3.8, 4) is 5.75 Å². The van der Waals surface area contributed by atoms with Gasteiger partial charge in [0.25, 0.3) is 0 Å². The molecule has 36 heavy (non-hydrogen) atoms. The second kappa shape index (κ2) is 10.4. The number of ether oxygens (including phenoxy) is 2. The zero-order valence-electron chi connectivity index (χ0n) is 20.2. The molecule has 3 aromatic rings. The molecule has 0 radical (unpaired) electrons. The van der Waals surface area contributed by atoms with Gasteiger partial charge >= 0.3 is 5.97 Å².